The Kier molecular flexibility index (Phi) is 6.72. The zero-order valence-electron chi connectivity index (χ0n) is 17.1. The molecule has 1 aliphatic carbocycles. The fourth-order valence-corrected chi connectivity index (χ4v) is 5.00. The van der Waals surface area contributed by atoms with Gasteiger partial charge in [0.1, 0.15) is 0 Å². The molecule has 1 unspecified atom stereocenters. The van der Waals surface area contributed by atoms with Gasteiger partial charge < -0.3 is 14.4 Å². The van der Waals surface area contributed by atoms with E-state index in [4.69, 9.17) is 9.47 Å². The molecule has 0 aromatic rings. The Hall–Kier alpha value is -0.870. The lowest BCUT2D eigenvalue weighted by Gasteiger charge is -2.54. The second kappa shape index (κ2) is 8.22. The highest BCUT2D eigenvalue weighted by molar-refractivity contribution is 5.86. The maximum atomic E-state index is 13.7. The average Bonchev–Trinajstić information content (AvgIpc) is 2.62. The summed E-state index contributed by atoms with van der Waals surface area (Å²) in [5.41, 5.74) is 0.909. The first-order valence-electron chi connectivity index (χ1n) is 9.89. The minimum atomic E-state index is -0.327. The fraction of sp³-hybridized carbons (Fsp3) is 0.857. The lowest BCUT2D eigenvalue weighted by molar-refractivity contribution is -0.155. The third-order valence-electron chi connectivity index (χ3n) is 6.93. The standard InChI is InChI=1S/C21H37NO3/c1-7-21(12-8-17(25-6)9-13-21)20(4)11-10-18(16(2)3)22(19(20)23)14-15-24-5/h10,16-17H,7-9,11-15H2,1-6H3. The number of hydrogen-bond acceptors (Lipinski definition) is 3. The van der Waals surface area contributed by atoms with E-state index >= 15 is 0 Å². The summed E-state index contributed by atoms with van der Waals surface area (Å²) in [4.78, 5) is 15.7. The van der Waals surface area contributed by atoms with E-state index in [0.29, 0.717) is 31.1 Å². The third-order valence-corrected chi connectivity index (χ3v) is 6.93. The van der Waals surface area contributed by atoms with Crippen LogP contribution in [0.5, 0.6) is 0 Å². The molecule has 0 spiro atoms. The van der Waals surface area contributed by atoms with Crippen molar-refractivity contribution in [2.75, 3.05) is 27.4 Å². The molecule has 0 aromatic heterocycles. The van der Waals surface area contributed by atoms with E-state index in [-0.39, 0.29) is 10.8 Å². The number of amides is 1. The van der Waals surface area contributed by atoms with Crippen molar-refractivity contribution in [2.45, 2.75) is 72.3 Å². The van der Waals surface area contributed by atoms with Gasteiger partial charge in [0, 0.05) is 26.5 Å². The van der Waals surface area contributed by atoms with Gasteiger partial charge in [-0.15, -0.1) is 0 Å². The first kappa shape index (κ1) is 20.4. The zero-order chi connectivity index (χ0) is 18.7. The quantitative estimate of drug-likeness (QED) is 0.682. The minimum Gasteiger partial charge on any atom is -0.383 e. The van der Waals surface area contributed by atoms with E-state index in [9.17, 15) is 4.79 Å². The Labute approximate surface area is 153 Å². The molecule has 4 heteroatoms. The number of carbonyl (C=O) groups excluding carboxylic acids is 1. The van der Waals surface area contributed by atoms with Crippen LogP contribution < -0.4 is 0 Å². The van der Waals surface area contributed by atoms with Crippen LogP contribution in [0.2, 0.25) is 0 Å². The second-order valence-corrected chi connectivity index (χ2v) is 8.34. The van der Waals surface area contributed by atoms with Crippen molar-refractivity contribution >= 4 is 5.91 Å². The summed E-state index contributed by atoms with van der Waals surface area (Å²) in [6.45, 7) is 10.0. The Balaban J connectivity index is 2.33. The van der Waals surface area contributed by atoms with Crippen LogP contribution in [0, 0.1) is 16.7 Å². The van der Waals surface area contributed by atoms with Crippen LogP contribution in [0.1, 0.15) is 66.2 Å². The maximum absolute atomic E-state index is 13.7. The molecule has 2 rings (SSSR count). The van der Waals surface area contributed by atoms with E-state index in [1.807, 2.05) is 4.90 Å². The Morgan fingerprint density at radius 1 is 1.28 bits per heavy atom. The van der Waals surface area contributed by atoms with Crippen molar-refractivity contribution in [1.29, 1.82) is 0 Å². The van der Waals surface area contributed by atoms with Crippen molar-refractivity contribution in [3.8, 4) is 0 Å². The van der Waals surface area contributed by atoms with E-state index in [1.165, 1.54) is 0 Å². The first-order chi connectivity index (χ1) is 11.8. The lowest BCUT2D eigenvalue weighted by atomic mass is 9.53. The van der Waals surface area contributed by atoms with Crippen molar-refractivity contribution in [1.82, 2.24) is 4.90 Å². The Morgan fingerprint density at radius 2 is 1.92 bits per heavy atom. The highest BCUT2D eigenvalue weighted by Gasteiger charge is 2.55. The molecule has 0 aromatic carbocycles. The van der Waals surface area contributed by atoms with Crippen LogP contribution in [0.3, 0.4) is 0 Å². The highest BCUT2D eigenvalue weighted by atomic mass is 16.5. The van der Waals surface area contributed by atoms with Crippen LogP contribution in [0.15, 0.2) is 11.8 Å². The molecule has 0 saturated heterocycles. The van der Waals surface area contributed by atoms with Crippen LogP contribution >= 0.6 is 0 Å². The van der Waals surface area contributed by atoms with Crippen LogP contribution in [0.4, 0.5) is 0 Å². The van der Waals surface area contributed by atoms with Crippen LogP contribution in [-0.2, 0) is 14.3 Å². The fourth-order valence-electron chi connectivity index (χ4n) is 5.00. The van der Waals surface area contributed by atoms with Crippen molar-refractivity contribution in [3.63, 3.8) is 0 Å². The monoisotopic (exact) mass is 351 g/mol. The van der Waals surface area contributed by atoms with Gasteiger partial charge in [-0.05, 0) is 56.8 Å². The molecule has 1 aliphatic heterocycles. The minimum absolute atomic E-state index is 0.0729. The van der Waals surface area contributed by atoms with Gasteiger partial charge in [-0.25, -0.2) is 0 Å². The topological polar surface area (TPSA) is 38.8 Å². The molecule has 25 heavy (non-hydrogen) atoms. The predicted octanol–water partition coefficient (Wildman–Crippen LogP) is 4.40. The smallest absolute Gasteiger partial charge is 0.233 e. The van der Waals surface area contributed by atoms with E-state index in [1.54, 1.807) is 14.2 Å². The lowest BCUT2D eigenvalue weighted by Crippen LogP contribution is -2.56. The summed E-state index contributed by atoms with van der Waals surface area (Å²) in [5, 5.41) is 0. The van der Waals surface area contributed by atoms with E-state index < -0.39 is 0 Å². The van der Waals surface area contributed by atoms with Gasteiger partial charge in [-0.1, -0.05) is 26.8 Å². The average molecular weight is 352 g/mol. The van der Waals surface area contributed by atoms with Crippen LogP contribution in [-0.4, -0.2) is 44.3 Å². The number of methoxy groups -OCH3 is 2. The van der Waals surface area contributed by atoms with E-state index in [2.05, 4.69) is 33.8 Å². The molecule has 0 radical (unpaired) electrons. The van der Waals surface area contributed by atoms with Crippen molar-refractivity contribution < 1.29 is 14.3 Å². The van der Waals surface area contributed by atoms with Gasteiger partial charge >= 0.3 is 0 Å². The van der Waals surface area contributed by atoms with Crippen LogP contribution in [0.25, 0.3) is 0 Å². The van der Waals surface area contributed by atoms with Gasteiger partial charge in [0.2, 0.25) is 5.91 Å². The number of carbonyl (C=O) groups is 1. The zero-order valence-corrected chi connectivity index (χ0v) is 17.1. The maximum Gasteiger partial charge on any atom is 0.233 e. The van der Waals surface area contributed by atoms with Crippen molar-refractivity contribution in [3.05, 3.63) is 11.8 Å². The molecule has 1 saturated carbocycles. The largest absolute Gasteiger partial charge is 0.383 e. The Bertz CT molecular complexity index is 491. The third kappa shape index (κ3) is 3.66. The number of ether oxygens (including phenoxy) is 2. The second-order valence-electron chi connectivity index (χ2n) is 8.34. The number of rotatable bonds is 7. The van der Waals surface area contributed by atoms with Gasteiger partial charge in [-0.2, -0.15) is 0 Å². The molecule has 144 valence electrons. The summed E-state index contributed by atoms with van der Waals surface area (Å²) in [6.07, 6.45) is 8.86. The first-order valence-corrected chi connectivity index (χ1v) is 9.89. The summed E-state index contributed by atoms with van der Waals surface area (Å²) in [7, 11) is 3.51. The molecule has 1 heterocycles. The summed E-state index contributed by atoms with van der Waals surface area (Å²) >= 11 is 0. The summed E-state index contributed by atoms with van der Waals surface area (Å²) in [5.74, 6) is 0.653. The molecule has 2 aliphatic rings. The Morgan fingerprint density at radius 3 is 2.40 bits per heavy atom. The molecule has 1 amide bonds. The molecule has 1 fully saturated rings. The number of allylic oxidation sites excluding steroid dienone is 2. The molecule has 0 N–H and O–H groups in total. The summed E-state index contributed by atoms with van der Waals surface area (Å²) in [6, 6.07) is 0. The molecular weight excluding hydrogens is 314 g/mol. The van der Waals surface area contributed by atoms with Gasteiger partial charge in [0.25, 0.3) is 0 Å². The number of nitrogens with zero attached hydrogens (tertiary/aromatic N) is 1. The van der Waals surface area contributed by atoms with Gasteiger partial charge in [-0.3, -0.25) is 4.79 Å². The van der Waals surface area contributed by atoms with Gasteiger partial charge in [0.05, 0.1) is 18.1 Å². The number of hydrogen-bond donors (Lipinski definition) is 0. The molecule has 1 atom stereocenters. The van der Waals surface area contributed by atoms with E-state index in [0.717, 1.165) is 44.2 Å². The van der Waals surface area contributed by atoms with Crippen molar-refractivity contribution in [2.24, 2.45) is 16.7 Å². The SMILES string of the molecule is CCC1(C2(C)CC=C(C(C)C)N(CCOC)C2=O)CCC(OC)CC1. The molecule has 4 nitrogen and oxygen atoms in total. The molecular formula is C21H37NO3. The predicted molar refractivity (Wildman–Crippen MR) is 101 cm³/mol. The highest BCUT2D eigenvalue weighted by Crippen LogP contribution is 2.57. The molecule has 0 bridgehead atoms. The summed E-state index contributed by atoms with van der Waals surface area (Å²) < 4.78 is 10.9. The van der Waals surface area contributed by atoms with Gasteiger partial charge in [0.15, 0.2) is 0 Å². The normalized spacial score (nSPS) is 33.7.